The predicted octanol–water partition coefficient (Wildman–Crippen LogP) is 0.624. The van der Waals surface area contributed by atoms with E-state index >= 15 is 0 Å². The normalized spacial score (nSPS) is 10.4. The summed E-state index contributed by atoms with van der Waals surface area (Å²) >= 11 is 0. The molecular formula is C7H5F3N6. The van der Waals surface area contributed by atoms with Crippen LogP contribution in [0.4, 0.5) is 19.0 Å². The van der Waals surface area contributed by atoms with E-state index in [1.165, 1.54) is 0 Å². The maximum Gasteiger partial charge on any atom is 0.251 e. The van der Waals surface area contributed by atoms with Gasteiger partial charge < -0.3 is 5.32 Å². The van der Waals surface area contributed by atoms with Gasteiger partial charge in [0.2, 0.25) is 0 Å². The highest BCUT2D eigenvalue weighted by Crippen LogP contribution is 2.14. The minimum Gasteiger partial charge on any atom is -0.360 e. The maximum atomic E-state index is 13.1. The Hall–Kier alpha value is -2.19. The zero-order valence-electron chi connectivity index (χ0n) is 7.71. The SMILES string of the molecule is Fc1cc(F)c(NCc2nn[nH]n2)nc1F. The predicted molar refractivity (Wildman–Crippen MR) is 45.6 cm³/mol. The first-order chi connectivity index (χ1) is 7.66. The topological polar surface area (TPSA) is 79.4 Å². The van der Waals surface area contributed by atoms with Gasteiger partial charge in [-0.2, -0.15) is 14.6 Å². The van der Waals surface area contributed by atoms with Crippen molar-refractivity contribution in [3.05, 3.63) is 29.5 Å². The number of nitrogens with zero attached hydrogens (tertiary/aromatic N) is 4. The average molecular weight is 230 g/mol. The highest BCUT2D eigenvalue weighted by atomic mass is 19.2. The van der Waals surface area contributed by atoms with E-state index < -0.39 is 23.4 Å². The van der Waals surface area contributed by atoms with Crippen molar-refractivity contribution >= 4 is 5.82 Å². The Labute approximate surface area is 86.9 Å². The van der Waals surface area contributed by atoms with Gasteiger partial charge in [0.15, 0.2) is 23.3 Å². The van der Waals surface area contributed by atoms with Gasteiger partial charge in [-0.1, -0.05) is 5.21 Å². The Morgan fingerprint density at radius 3 is 2.75 bits per heavy atom. The van der Waals surface area contributed by atoms with Crippen LogP contribution < -0.4 is 5.32 Å². The van der Waals surface area contributed by atoms with Crippen LogP contribution in [0.1, 0.15) is 5.82 Å². The van der Waals surface area contributed by atoms with Crippen LogP contribution in [0.3, 0.4) is 0 Å². The van der Waals surface area contributed by atoms with E-state index in [0.29, 0.717) is 6.07 Å². The number of hydrogen-bond acceptors (Lipinski definition) is 5. The van der Waals surface area contributed by atoms with Gasteiger partial charge in [-0.25, -0.2) is 8.78 Å². The van der Waals surface area contributed by atoms with E-state index in [-0.39, 0.29) is 12.4 Å². The molecule has 0 atom stereocenters. The molecule has 0 spiro atoms. The molecule has 2 rings (SSSR count). The van der Waals surface area contributed by atoms with Gasteiger partial charge in [0.05, 0.1) is 6.54 Å². The van der Waals surface area contributed by atoms with E-state index in [9.17, 15) is 13.2 Å². The van der Waals surface area contributed by atoms with E-state index in [2.05, 4.69) is 30.9 Å². The van der Waals surface area contributed by atoms with Crippen molar-refractivity contribution in [1.29, 1.82) is 0 Å². The first kappa shape index (κ1) is 10.3. The number of tetrazole rings is 1. The maximum absolute atomic E-state index is 13.1. The molecule has 0 aliphatic rings. The van der Waals surface area contributed by atoms with Crippen LogP contribution in [0.25, 0.3) is 0 Å². The summed E-state index contributed by atoms with van der Waals surface area (Å²) in [5.74, 6) is -3.89. The lowest BCUT2D eigenvalue weighted by Crippen LogP contribution is -2.07. The molecule has 84 valence electrons. The molecule has 6 nitrogen and oxygen atoms in total. The number of aromatic nitrogens is 5. The number of hydrogen-bond donors (Lipinski definition) is 2. The molecule has 0 fully saturated rings. The molecule has 0 saturated heterocycles. The molecule has 16 heavy (non-hydrogen) atoms. The summed E-state index contributed by atoms with van der Waals surface area (Å²) in [6, 6.07) is 0.404. The third-order valence-electron chi connectivity index (χ3n) is 1.69. The zero-order chi connectivity index (χ0) is 11.5. The molecule has 2 aromatic rings. The molecule has 0 unspecified atom stereocenters. The van der Waals surface area contributed by atoms with Gasteiger partial charge in [-0.3, -0.25) is 0 Å². The fraction of sp³-hybridized carbons (Fsp3) is 0.143. The van der Waals surface area contributed by atoms with Crippen molar-refractivity contribution in [3.63, 3.8) is 0 Å². The third kappa shape index (κ3) is 2.07. The highest BCUT2D eigenvalue weighted by molar-refractivity contribution is 5.36. The number of rotatable bonds is 3. The van der Waals surface area contributed by atoms with Gasteiger partial charge in [-0.05, 0) is 0 Å². The van der Waals surface area contributed by atoms with Crippen LogP contribution in [-0.2, 0) is 6.54 Å². The van der Waals surface area contributed by atoms with E-state index in [4.69, 9.17) is 0 Å². The minimum absolute atomic E-state index is 0.00844. The quantitative estimate of drug-likeness (QED) is 0.756. The Morgan fingerprint density at radius 2 is 2.06 bits per heavy atom. The first-order valence-electron chi connectivity index (χ1n) is 4.14. The molecular weight excluding hydrogens is 225 g/mol. The molecule has 0 radical (unpaired) electrons. The van der Waals surface area contributed by atoms with Crippen LogP contribution in [0, 0.1) is 17.6 Å². The summed E-state index contributed by atoms with van der Waals surface area (Å²) in [7, 11) is 0. The molecule has 0 aliphatic heterocycles. The van der Waals surface area contributed by atoms with E-state index in [0.717, 1.165) is 0 Å². The highest BCUT2D eigenvalue weighted by Gasteiger charge is 2.11. The lowest BCUT2D eigenvalue weighted by atomic mass is 10.4. The van der Waals surface area contributed by atoms with Gasteiger partial charge >= 0.3 is 0 Å². The number of H-pyrrole nitrogens is 1. The summed E-state index contributed by atoms with van der Waals surface area (Å²) in [4.78, 5) is 3.06. The van der Waals surface area contributed by atoms with Gasteiger partial charge in [-0.15, -0.1) is 10.2 Å². The second-order valence-corrected chi connectivity index (χ2v) is 2.77. The molecule has 0 aromatic carbocycles. The minimum atomic E-state index is -1.38. The lowest BCUT2D eigenvalue weighted by molar-refractivity contribution is 0.466. The summed E-state index contributed by atoms with van der Waals surface area (Å²) in [6.45, 7) is -0.00844. The molecule has 9 heteroatoms. The van der Waals surface area contributed by atoms with Crippen molar-refractivity contribution in [2.24, 2.45) is 0 Å². The Kier molecular flexibility index (Phi) is 2.66. The number of nitrogens with one attached hydrogen (secondary N) is 2. The van der Waals surface area contributed by atoms with Crippen LogP contribution in [0.15, 0.2) is 6.07 Å². The van der Waals surface area contributed by atoms with Crippen molar-refractivity contribution in [2.75, 3.05) is 5.32 Å². The Balaban J connectivity index is 2.12. The van der Waals surface area contributed by atoms with Crippen LogP contribution in [-0.4, -0.2) is 25.6 Å². The smallest absolute Gasteiger partial charge is 0.251 e. The second kappa shape index (κ2) is 4.13. The molecule has 0 saturated carbocycles. The Morgan fingerprint density at radius 1 is 1.25 bits per heavy atom. The number of aromatic amines is 1. The summed E-state index contributed by atoms with van der Waals surface area (Å²) in [5.41, 5.74) is 0. The monoisotopic (exact) mass is 230 g/mol. The summed E-state index contributed by atoms with van der Waals surface area (Å²) in [5, 5.41) is 15.0. The summed E-state index contributed by atoms with van der Waals surface area (Å²) in [6.07, 6.45) is 0. The van der Waals surface area contributed by atoms with E-state index in [1.807, 2.05) is 0 Å². The van der Waals surface area contributed by atoms with Crippen LogP contribution >= 0.6 is 0 Å². The molecule has 0 amide bonds. The third-order valence-corrected chi connectivity index (χ3v) is 1.69. The number of pyridine rings is 1. The molecule has 0 aliphatic carbocycles. The van der Waals surface area contributed by atoms with Crippen LogP contribution in [0.5, 0.6) is 0 Å². The van der Waals surface area contributed by atoms with Crippen molar-refractivity contribution < 1.29 is 13.2 Å². The largest absolute Gasteiger partial charge is 0.360 e. The molecule has 0 bridgehead atoms. The van der Waals surface area contributed by atoms with Crippen molar-refractivity contribution in [2.45, 2.75) is 6.54 Å². The molecule has 2 aromatic heterocycles. The molecule has 2 heterocycles. The van der Waals surface area contributed by atoms with Crippen molar-refractivity contribution in [3.8, 4) is 0 Å². The standard InChI is InChI=1S/C7H5F3N6/c8-3-1-4(9)7(12-6(3)10)11-2-5-13-15-16-14-5/h1H,2H2,(H,11,12)(H,13,14,15,16). The first-order valence-corrected chi connectivity index (χ1v) is 4.14. The second-order valence-electron chi connectivity index (χ2n) is 2.77. The Bertz CT molecular complexity index is 485. The summed E-state index contributed by atoms with van der Waals surface area (Å²) < 4.78 is 38.3. The number of anilines is 1. The van der Waals surface area contributed by atoms with Gasteiger partial charge in [0, 0.05) is 6.07 Å². The molecule has 2 N–H and O–H groups in total. The zero-order valence-corrected chi connectivity index (χ0v) is 7.71. The van der Waals surface area contributed by atoms with Crippen LogP contribution in [0.2, 0.25) is 0 Å². The number of halogens is 3. The average Bonchev–Trinajstić information content (AvgIpc) is 2.74. The van der Waals surface area contributed by atoms with E-state index in [1.54, 1.807) is 0 Å². The van der Waals surface area contributed by atoms with Gasteiger partial charge in [0.1, 0.15) is 0 Å². The lowest BCUT2D eigenvalue weighted by Gasteiger charge is -2.04. The fourth-order valence-electron chi connectivity index (χ4n) is 0.988. The van der Waals surface area contributed by atoms with Gasteiger partial charge in [0.25, 0.3) is 5.95 Å². The van der Waals surface area contributed by atoms with Crippen molar-refractivity contribution in [1.82, 2.24) is 25.6 Å². The fourth-order valence-corrected chi connectivity index (χ4v) is 0.988.